The van der Waals surface area contributed by atoms with Gasteiger partial charge < -0.3 is 18.8 Å². The van der Waals surface area contributed by atoms with Crippen LogP contribution in [0.5, 0.6) is 0 Å². The number of hydrogen-bond acceptors (Lipinski definition) is 5. The standard InChI is InChI=1S/C22H21BrF3N3O3S/c1-32-21(30)14-28-7-6-15-12-18(23)20(13-19(15)28)33(31)29-10-8-27(9-11-29)17-4-2-16(3-5-17)22(24,25)26/h2-7,12-13H,8-11,14H2,1H3. The fourth-order valence-electron chi connectivity index (χ4n) is 3.78. The third-order valence-electron chi connectivity index (χ3n) is 5.57. The molecule has 0 aliphatic carbocycles. The first-order valence-electron chi connectivity index (χ1n) is 10.1. The first kappa shape index (κ1) is 23.9. The average molecular weight is 544 g/mol. The Morgan fingerprint density at radius 3 is 2.39 bits per heavy atom. The minimum absolute atomic E-state index is 0.0551. The molecule has 33 heavy (non-hydrogen) atoms. The van der Waals surface area contributed by atoms with Gasteiger partial charge in [-0.2, -0.15) is 13.2 Å². The van der Waals surface area contributed by atoms with E-state index >= 15 is 0 Å². The maximum Gasteiger partial charge on any atom is 0.416 e. The van der Waals surface area contributed by atoms with Crippen molar-refractivity contribution in [2.45, 2.75) is 17.6 Å². The van der Waals surface area contributed by atoms with E-state index in [2.05, 4.69) is 15.9 Å². The maximum absolute atomic E-state index is 13.3. The lowest BCUT2D eigenvalue weighted by molar-refractivity contribution is -0.141. The van der Waals surface area contributed by atoms with Gasteiger partial charge in [-0.05, 0) is 52.3 Å². The highest BCUT2D eigenvalue weighted by Gasteiger charge is 2.32. The third-order valence-corrected chi connectivity index (χ3v) is 8.04. The van der Waals surface area contributed by atoms with Crippen molar-refractivity contribution in [3.05, 3.63) is 58.7 Å². The molecule has 2 aromatic carbocycles. The number of anilines is 1. The van der Waals surface area contributed by atoms with Crippen molar-refractivity contribution in [3.8, 4) is 0 Å². The van der Waals surface area contributed by atoms with Crippen LogP contribution in [0.15, 0.2) is 58.0 Å². The molecule has 0 saturated carbocycles. The Kier molecular flexibility index (Phi) is 6.94. The highest BCUT2D eigenvalue weighted by Crippen LogP contribution is 2.33. The quantitative estimate of drug-likeness (QED) is 0.351. The van der Waals surface area contributed by atoms with E-state index in [1.807, 2.05) is 21.3 Å². The smallest absolute Gasteiger partial charge is 0.416 e. The molecule has 1 aliphatic rings. The minimum Gasteiger partial charge on any atom is -0.593 e. The van der Waals surface area contributed by atoms with Gasteiger partial charge in [0, 0.05) is 36.4 Å². The molecular formula is C22H21BrF3N3O3S. The normalized spacial score (nSPS) is 16.2. The van der Waals surface area contributed by atoms with E-state index in [4.69, 9.17) is 4.74 Å². The molecule has 1 fully saturated rings. The number of rotatable bonds is 5. The molecule has 1 saturated heterocycles. The SMILES string of the molecule is COC(=O)Cn1ccc2cc(Br)c([S+]([O-])N3CCN(c4ccc(C(F)(F)F)cc4)CC3)cc21. The van der Waals surface area contributed by atoms with Crippen LogP contribution in [0, 0.1) is 0 Å². The predicted octanol–water partition coefficient (Wildman–Crippen LogP) is 4.44. The van der Waals surface area contributed by atoms with Crippen LogP contribution in [-0.2, 0) is 33.6 Å². The molecule has 0 N–H and O–H groups in total. The van der Waals surface area contributed by atoms with E-state index in [-0.39, 0.29) is 12.5 Å². The molecule has 4 rings (SSSR count). The largest absolute Gasteiger partial charge is 0.593 e. The third kappa shape index (κ3) is 5.16. The molecule has 1 aliphatic heterocycles. The number of piperazine rings is 1. The van der Waals surface area contributed by atoms with Gasteiger partial charge in [0.05, 0.1) is 47.1 Å². The van der Waals surface area contributed by atoms with Gasteiger partial charge in [0.1, 0.15) is 6.54 Å². The van der Waals surface area contributed by atoms with Crippen LogP contribution in [-0.4, -0.2) is 52.7 Å². The van der Waals surface area contributed by atoms with Crippen LogP contribution in [0.1, 0.15) is 5.56 Å². The average Bonchev–Trinajstić information content (AvgIpc) is 3.18. The topological polar surface area (TPSA) is 60.8 Å². The molecule has 1 unspecified atom stereocenters. The number of benzene rings is 2. The van der Waals surface area contributed by atoms with Crippen LogP contribution < -0.4 is 4.90 Å². The van der Waals surface area contributed by atoms with Crippen LogP contribution in [0.25, 0.3) is 10.9 Å². The zero-order valence-electron chi connectivity index (χ0n) is 17.6. The molecule has 3 aromatic rings. The number of fused-ring (bicyclic) bond motifs is 1. The van der Waals surface area contributed by atoms with E-state index in [9.17, 15) is 22.5 Å². The van der Waals surface area contributed by atoms with Crippen LogP contribution in [0.2, 0.25) is 0 Å². The van der Waals surface area contributed by atoms with Gasteiger partial charge in [0.2, 0.25) is 0 Å². The molecule has 1 aromatic heterocycles. The molecule has 2 heterocycles. The Balaban J connectivity index is 1.47. The van der Waals surface area contributed by atoms with Gasteiger partial charge in [-0.1, -0.05) is 0 Å². The fourth-order valence-corrected chi connectivity index (χ4v) is 5.77. The van der Waals surface area contributed by atoms with Gasteiger partial charge in [0.15, 0.2) is 4.90 Å². The van der Waals surface area contributed by atoms with E-state index in [1.54, 1.807) is 16.8 Å². The van der Waals surface area contributed by atoms with Crippen molar-refractivity contribution in [1.82, 2.24) is 8.87 Å². The van der Waals surface area contributed by atoms with Gasteiger partial charge >= 0.3 is 12.1 Å². The van der Waals surface area contributed by atoms with Crippen LogP contribution in [0.3, 0.4) is 0 Å². The van der Waals surface area contributed by atoms with E-state index in [0.29, 0.717) is 41.2 Å². The molecule has 1 atom stereocenters. The Morgan fingerprint density at radius 2 is 1.79 bits per heavy atom. The fraction of sp³-hybridized carbons (Fsp3) is 0.318. The second kappa shape index (κ2) is 9.57. The summed E-state index contributed by atoms with van der Waals surface area (Å²) in [5.74, 6) is -0.377. The van der Waals surface area contributed by atoms with E-state index < -0.39 is 23.1 Å². The lowest BCUT2D eigenvalue weighted by Gasteiger charge is -2.35. The Morgan fingerprint density at radius 1 is 1.12 bits per heavy atom. The first-order valence-corrected chi connectivity index (χ1v) is 12.0. The first-order chi connectivity index (χ1) is 15.7. The van der Waals surface area contributed by atoms with E-state index in [0.717, 1.165) is 23.0 Å². The van der Waals surface area contributed by atoms with Crippen molar-refractivity contribution in [2.75, 3.05) is 38.2 Å². The molecule has 176 valence electrons. The van der Waals surface area contributed by atoms with Gasteiger partial charge in [0.25, 0.3) is 0 Å². The summed E-state index contributed by atoms with van der Waals surface area (Å²) in [6.07, 6.45) is -2.58. The number of esters is 1. The monoisotopic (exact) mass is 543 g/mol. The van der Waals surface area contributed by atoms with Crippen LogP contribution in [0.4, 0.5) is 18.9 Å². The summed E-state index contributed by atoms with van der Waals surface area (Å²) in [5.41, 5.74) is 0.801. The van der Waals surface area contributed by atoms with Crippen molar-refractivity contribution in [2.24, 2.45) is 0 Å². The number of aromatic nitrogens is 1. The predicted molar refractivity (Wildman–Crippen MR) is 123 cm³/mol. The lowest BCUT2D eigenvalue weighted by atomic mass is 10.2. The molecule has 0 spiro atoms. The molecule has 11 heteroatoms. The van der Waals surface area contributed by atoms with Gasteiger partial charge in [-0.15, -0.1) is 4.31 Å². The van der Waals surface area contributed by atoms with Crippen LogP contribution >= 0.6 is 15.9 Å². The lowest BCUT2D eigenvalue weighted by Crippen LogP contribution is -2.48. The van der Waals surface area contributed by atoms with Crippen molar-refractivity contribution >= 4 is 49.9 Å². The number of ether oxygens (including phenoxy) is 1. The van der Waals surface area contributed by atoms with Gasteiger partial charge in [-0.3, -0.25) is 4.79 Å². The Bertz CT molecular complexity index is 1150. The molecule has 6 nitrogen and oxygen atoms in total. The summed E-state index contributed by atoms with van der Waals surface area (Å²) in [7, 11) is 1.33. The molecule has 0 amide bonds. The number of halogens is 4. The molecule has 0 bridgehead atoms. The molecular weight excluding hydrogens is 523 g/mol. The maximum atomic E-state index is 13.3. The van der Waals surface area contributed by atoms with Crippen molar-refractivity contribution in [3.63, 3.8) is 0 Å². The van der Waals surface area contributed by atoms with E-state index in [1.165, 1.54) is 19.2 Å². The number of hydrogen-bond donors (Lipinski definition) is 0. The summed E-state index contributed by atoms with van der Waals surface area (Å²) >= 11 is 2.06. The summed E-state index contributed by atoms with van der Waals surface area (Å²) < 4.78 is 60.7. The van der Waals surface area contributed by atoms with Crippen molar-refractivity contribution < 1.29 is 27.3 Å². The second-order valence-electron chi connectivity index (χ2n) is 7.57. The summed E-state index contributed by atoms with van der Waals surface area (Å²) in [4.78, 5) is 14.3. The highest BCUT2D eigenvalue weighted by atomic mass is 79.9. The Hall–Kier alpha value is -2.21. The number of alkyl halides is 3. The molecule has 0 radical (unpaired) electrons. The zero-order valence-corrected chi connectivity index (χ0v) is 20.0. The summed E-state index contributed by atoms with van der Waals surface area (Å²) in [6.45, 7) is 2.10. The number of nitrogens with zero attached hydrogens (tertiary/aromatic N) is 3. The second-order valence-corrected chi connectivity index (χ2v) is 9.88. The summed E-state index contributed by atoms with van der Waals surface area (Å²) in [5, 5.41) is 0.902. The van der Waals surface area contributed by atoms with Crippen molar-refractivity contribution in [1.29, 1.82) is 0 Å². The Labute approximate surface area is 200 Å². The number of carbonyl (C=O) groups is 1. The number of carbonyl (C=O) groups excluding carboxylic acids is 1. The van der Waals surface area contributed by atoms with Gasteiger partial charge in [-0.25, -0.2) is 0 Å². The number of methoxy groups -OCH3 is 1. The zero-order chi connectivity index (χ0) is 23.8. The minimum atomic E-state index is -4.36. The summed E-state index contributed by atoms with van der Waals surface area (Å²) in [6, 6.07) is 10.6. The highest BCUT2D eigenvalue weighted by molar-refractivity contribution is 9.10.